The highest BCUT2D eigenvalue weighted by Crippen LogP contribution is 2.28. The first-order chi connectivity index (χ1) is 8.06. The van der Waals surface area contributed by atoms with Crippen LogP contribution < -0.4 is 5.32 Å². The van der Waals surface area contributed by atoms with Crippen LogP contribution >= 0.6 is 55.1 Å². The molecule has 2 aromatic rings. The van der Waals surface area contributed by atoms with Gasteiger partial charge in [0.25, 0.3) is 0 Å². The van der Waals surface area contributed by atoms with E-state index in [1.54, 1.807) is 12.1 Å². The van der Waals surface area contributed by atoms with E-state index in [9.17, 15) is 0 Å². The minimum absolute atomic E-state index is 0.526. The Balaban J connectivity index is 2.04. The predicted molar refractivity (Wildman–Crippen MR) is 77.9 cm³/mol. The fourth-order valence-corrected chi connectivity index (χ4v) is 2.23. The molecule has 1 N–H and O–H groups in total. The topological polar surface area (TPSA) is 25.2 Å². The van der Waals surface area contributed by atoms with Crippen molar-refractivity contribution in [1.82, 2.24) is 0 Å². The standard InChI is InChI=1S/C11H7Br2Cl2NO/c12-8-4-7(17-11(8)13)5-16-6-1-2-9(14)10(15)3-6/h1-4,16H,5H2. The summed E-state index contributed by atoms with van der Waals surface area (Å²) in [5.41, 5.74) is 0.892. The molecule has 0 saturated heterocycles. The smallest absolute Gasteiger partial charge is 0.183 e. The molecule has 0 aliphatic carbocycles. The fraction of sp³-hybridized carbons (Fsp3) is 0.0909. The van der Waals surface area contributed by atoms with Gasteiger partial charge in [-0.05, 0) is 56.1 Å². The molecule has 0 aliphatic rings. The molecule has 1 aromatic heterocycles. The predicted octanol–water partition coefficient (Wildman–Crippen LogP) is 5.72. The molecular weight excluding hydrogens is 393 g/mol. The van der Waals surface area contributed by atoms with E-state index in [1.165, 1.54) is 0 Å². The van der Waals surface area contributed by atoms with Gasteiger partial charge in [-0.1, -0.05) is 23.2 Å². The summed E-state index contributed by atoms with van der Waals surface area (Å²) in [5, 5.41) is 4.26. The van der Waals surface area contributed by atoms with Gasteiger partial charge in [-0.15, -0.1) is 0 Å². The highest BCUT2D eigenvalue weighted by molar-refractivity contribution is 9.13. The van der Waals surface area contributed by atoms with Gasteiger partial charge in [0.15, 0.2) is 4.67 Å². The van der Waals surface area contributed by atoms with E-state index in [2.05, 4.69) is 37.2 Å². The van der Waals surface area contributed by atoms with Gasteiger partial charge in [0.1, 0.15) is 5.76 Å². The number of furan rings is 1. The molecule has 0 aliphatic heterocycles. The second kappa shape index (κ2) is 5.65. The minimum Gasteiger partial charge on any atom is -0.451 e. The monoisotopic (exact) mass is 397 g/mol. The summed E-state index contributed by atoms with van der Waals surface area (Å²) >= 11 is 18.4. The third-order valence-corrected chi connectivity index (χ3v) is 4.53. The van der Waals surface area contributed by atoms with Crippen LogP contribution in [0.2, 0.25) is 10.0 Å². The maximum absolute atomic E-state index is 5.91. The van der Waals surface area contributed by atoms with Crippen molar-refractivity contribution < 1.29 is 4.42 Å². The third-order valence-electron chi connectivity index (χ3n) is 2.08. The molecule has 0 fully saturated rings. The van der Waals surface area contributed by atoms with Gasteiger partial charge in [-0.3, -0.25) is 0 Å². The van der Waals surface area contributed by atoms with E-state index in [1.807, 2.05) is 12.1 Å². The van der Waals surface area contributed by atoms with Crippen molar-refractivity contribution in [1.29, 1.82) is 0 Å². The van der Waals surface area contributed by atoms with Crippen LogP contribution in [0.3, 0.4) is 0 Å². The van der Waals surface area contributed by atoms with Gasteiger partial charge in [0, 0.05) is 5.69 Å². The van der Waals surface area contributed by atoms with Gasteiger partial charge < -0.3 is 9.73 Å². The van der Waals surface area contributed by atoms with Crippen molar-refractivity contribution in [3.63, 3.8) is 0 Å². The Kier molecular flexibility index (Phi) is 4.42. The van der Waals surface area contributed by atoms with Crippen LogP contribution in [0.15, 0.2) is 37.8 Å². The highest BCUT2D eigenvalue weighted by Gasteiger charge is 2.06. The molecule has 1 aromatic carbocycles. The van der Waals surface area contributed by atoms with Crippen LogP contribution in [0.1, 0.15) is 5.76 Å². The summed E-state index contributed by atoms with van der Waals surface area (Å²) in [6.45, 7) is 0.572. The van der Waals surface area contributed by atoms with Gasteiger partial charge in [-0.25, -0.2) is 0 Å². The highest BCUT2D eigenvalue weighted by atomic mass is 79.9. The Hall–Kier alpha value is -0.160. The van der Waals surface area contributed by atoms with Gasteiger partial charge in [0.2, 0.25) is 0 Å². The van der Waals surface area contributed by atoms with Crippen molar-refractivity contribution in [2.75, 3.05) is 5.32 Å². The van der Waals surface area contributed by atoms with Crippen LogP contribution in [0.5, 0.6) is 0 Å². The lowest BCUT2D eigenvalue weighted by Crippen LogP contribution is -1.97. The second-order valence-electron chi connectivity index (χ2n) is 3.32. The molecular formula is C11H7Br2Cl2NO. The molecule has 1 heterocycles. The molecule has 0 unspecified atom stereocenters. The average molecular weight is 400 g/mol. The molecule has 0 bridgehead atoms. The number of hydrogen-bond acceptors (Lipinski definition) is 2. The first-order valence-corrected chi connectivity index (χ1v) is 7.03. The molecule has 17 heavy (non-hydrogen) atoms. The van der Waals surface area contributed by atoms with Crippen molar-refractivity contribution in [2.45, 2.75) is 6.54 Å². The lowest BCUT2D eigenvalue weighted by molar-refractivity contribution is 0.494. The van der Waals surface area contributed by atoms with Crippen molar-refractivity contribution >= 4 is 60.7 Å². The maximum Gasteiger partial charge on any atom is 0.183 e. The molecule has 6 heteroatoms. The second-order valence-corrected chi connectivity index (χ2v) is 5.71. The van der Waals surface area contributed by atoms with E-state index in [4.69, 9.17) is 27.6 Å². The Labute approximate surface area is 126 Å². The lowest BCUT2D eigenvalue weighted by Gasteiger charge is -2.05. The third kappa shape index (κ3) is 3.41. The summed E-state index contributed by atoms with van der Waals surface area (Å²) in [6, 6.07) is 7.28. The molecule has 0 amide bonds. The number of nitrogens with one attached hydrogen (secondary N) is 1. The first kappa shape index (κ1) is 13.3. The number of hydrogen-bond donors (Lipinski definition) is 1. The SMILES string of the molecule is Clc1ccc(NCc2cc(Br)c(Br)o2)cc1Cl. The Morgan fingerprint density at radius 1 is 1.12 bits per heavy atom. The Morgan fingerprint density at radius 2 is 1.88 bits per heavy atom. The summed E-state index contributed by atoms with van der Waals surface area (Å²) in [6.07, 6.45) is 0. The fourth-order valence-electron chi connectivity index (χ4n) is 1.27. The van der Waals surface area contributed by atoms with Crippen molar-refractivity contribution in [2.24, 2.45) is 0 Å². The molecule has 0 spiro atoms. The Morgan fingerprint density at radius 3 is 2.47 bits per heavy atom. The molecule has 0 saturated carbocycles. The number of halogens is 4. The van der Waals surface area contributed by atoms with Crippen LogP contribution in [-0.4, -0.2) is 0 Å². The summed E-state index contributed by atoms with van der Waals surface area (Å²) in [5.74, 6) is 0.815. The van der Waals surface area contributed by atoms with E-state index in [-0.39, 0.29) is 0 Å². The van der Waals surface area contributed by atoms with Gasteiger partial charge >= 0.3 is 0 Å². The number of benzene rings is 1. The zero-order valence-electron chi connectivity index (χ0n) is 8.44. The zero-order chi connectivity index (χ0) is 12.4. The van der Waals surface area contributed by atoms with E-state index < -0.39 is 0 Å². The zero-order valence-corrected chi connectivity index (χ0v) is 13.1. The minimum atomic E-state index is 0.526. The largest absolute Gasteiger partial charge is 0.451 e. The van der Waals surface area contributed by atoms with Crippen LogP contribution in [0, 0.1) is 0 Å². The number of anilines is 1. The lowest BCUT2D eigenvalue weighted by atomic mass is 10.3. The van der Waals surface area contributed by atoms with E-state index >= 15 is 0 Å². The normalized spacial score (nSPS) is 10.6. The van der Waals surface area contributed by atoms with E-state index in [0.29, 0.717) is 21.3 Å². The first-order valence-electron chi connectivity index (χ1n) is 4.69. The quantitative estimate of drug-likeness (QED) is 0.713. The molecule has 90 valence electrons. The molecule has 0 atom stereocenters. The molecule has 2 nitrogen and oxygen atoms in total. The van der Waals surface area contributed by atoms with Crippen molar-refractivity contribution in [3.8, 4) is 0 Å². The summed E-state index contributed by atoms with van der Waals surface area (Å²) in [4.78, 5) is 0. The van der Waals surface area contributed by atoms with Crippen LogP contribution in [0.25, 0.3) is 0 Å². The number of rotatable bonds is 3. The average Bonchev–Trinajstić information content (AvgIpc) is 2.60. The maximum atomic E-state index is 5.91. The summed E-state index contributed by atoms with van der Waals surface area (Å²) in [7, 11) is 0. The molecule has 2 rings (SSSR count). The summed E-state index contributed by atoms with van der Waals surface area (Å²) < 4.78 is 7.01. The van der Waals surface area contributed by atoms with Gasteiger partial charge in [-0.2, -0.15) is 0 Å². The van der Waals surface area contributed by atoms with Crippen molar-refractivity contribution in [3.05, 3.63) is 49.2 Å². The van der Waals surface area contributed by atoms with Crippen LogP contribution in [0.4, 0.5) is 5.69 Å². The molecule has 0 radical (unpaired) electrons. The van der Waals surface area contributed by atoms with E-state index in [0.717, 1.165) is 15.9 Å². The van der Waals surface area contributed by atoms with Gasteiger partial charge in [0.05, 0.1) is 21.1 Å². The Bertz CT molecular complexity index is 523. The van der Waals surface area contributed by atoms with Crippen LogP contribution in [-0.2, 0) is 6.54 Å².